The van der Waals surface area contributed by atoms with Gasteiger partial charge in [-0.3, -0.25) is 0 Å². The second-order valence-electron chi connectivity index (χ2n) is 5.29. The number of halogens is 1. The first-order valence-electron chi connectivity index (χ1n) is 7.03. The first-order chi connectivity index (χ1) is 9.01. The molecule has 2 heteroatoms. The van der Waals surface area contributed by atoms with Gasteiger partial charge in [0.2, 0.25) is 0 Å². The molecule has 0 fully saturated rings. The summed E-state index contributed by atoms with van der Waals surface area (Å²) in [6.07, 6.45) is 6.54. The summed E-state index contributed by atoms with van der Waals surface area (Å²) in [7, 11) is 1.74. The van der Waals surface area contributed by atoms with Crippen molar-refractivity contribution in [2.24, 2.45) is 0 Å². The van der Waals surface area contributed by atoms with Crippen molar-refractivity contribution in [2.75, 3.05) is 7.11 Å². The molecule has 106 valence electrons. The zero-order valence-electron chi connectivity index (χ0n) is 12.7. The molecular formula is C17H25ClO. The van der Waals surface area contributed by atoms with Crippen molar-refractivity contribution in [1.29, 1.82) is 0 Å². The summed E-state index contributed by atoms with van der Waals surface area (Å²) >= 11 is 6.25. The Kier molecular flexibility index (Phi) is 6.44. The Bertz CT molecular complexity index is 435. The van der Waals surface area contributed by atoms with Gasteiger partial charge in [-0.15, -0.1) is 0 Å². The van der Waals surface area contributed by atoms with Crippen LogP contribution < -0.4 is 4.74 Å². The maximum Gasteiger partial charge on any atom is 0.125 e. The fourth-order valence-corrected chi connectivity index (χ4v) is 2.50. The highest BCUT2D eigenvalue weighted by atomic mass is 35.5. The van der Waals surface area contributed by atoms with Crippen molar-refractivity contribution in [3.8, 4) is 5.75 Å². The molecule has 0 amide bonds. The molecule has 0 radical (unpaired) electrons. The number of hydrogen-bond acceptors (Lipinski definition) is 1. The third-order valence-corrected chi connectivity index (χ3v) is 3.58. The molecule has 0 aliphatic heterocycles. The fourth-order valence-electron chi connectivity index (χ4n) is 2.26. The van der Waals surface area contributed by atoms with E-state index < -0.39 is 0 Å². The smallest absolute Gasteiger partial charge is 0.125 e. The van der Waals surface area contributed by atoms with E-state index in [0.717, 1.165) is 23.6 Å². The largest absolute Gasteiger partial charge is 0.496 e. The van der Waals surface area contributed by atoms with Crippen LogP contribution in [0.2, 0.25) is 5.02 Å². The minimum Gasteiger partial charge on any atom is -0.496 e. The Hall–Kier alpha value is -0.950. The molecule has 0 spiro atoms. The van der Waals surface area contributed by atoms with Crippen LogP contribution in [0, 0.1) is 0 Å². The van der Waals surface area contributed by atoms with Crippen molar-refractivity contribution in [1.82, 2.24) is 0 Å². The van der Waals surface area contributed by atoms with Crippen LogP contribution >= 0.6 is 11.6 Å². The molecule has 1 aromatic rings. The summed E-state index contributed by atoms with van der Waals surface area (Å²) in [6.45, 7) is 8.70. The van der Waals surface area contributed by atoms with Gasteiger partial charge in [-0.05, 0) is 47.9 Å². The van der Waals surface area contributed by atoms with Crippen LogP contribution in [0.3, 0.4) is 0 Å². The quantitative estimate of drug-likeness (QED) is 0.587. The molecule has 0 bridgehead atoms. The molecule has 1 atom stereocenters. The van der Waals surface area contributed by atoms with Crippen LogP contribution in [0.4, 0.5) is 0 Å². The van der Waals surface area contributed by atoms with Crippen molar-refractivity contribution >= 4 is 11.6 Å². The van der Waals surface area contributed by atoms with Gasteiger partial charge in [-0.25, -0.2) is 0 Å². The molecule has 1 unspecified atom stereocenters. The number of rotatable bonds is 6. The van der Waals surface area contributed by atoms with Crippen molar-refractivity contribution in [2.45, 2.75) is 52.4 Å². The first kappa shape index (κ1) is 16.1. The summed E-state index contributed by atoms with van der Waals surface area (Å²) in [4.78, 5) is 0. The van der Waals surface area contributed by atoms with E-state index in [0.29, 0.717) is 11.8 Å². The van der Waals surface area contributed by atoms with E-state index in [1.807, 2.05) is 12.1 Å². The molecule has 0 N–H and O–H groups in total. The molecule has 1 nitrogen and oxygen atoms in total. The SMILES string of the molecule is CC/C=C\CC(C)c1cc(Cl)cc(C(C)C)c1OC. The third kappa shape index (κ3) is 4.28. The maximum atomic E-state index is 6.25. The standard InChI is InChI=1S/C17H25ClO/c1-6-7-8-9-13(4)16-11-14(18)10-15(12(2)3)17(16)19-5/h7-8,10-13H,6,9H2,1-5H3/b8-7-. The molecule has 19 heavy (non-hydrogen) atoms. The predicted octanol–water partition coefficient (Wildman–Crippen LogP) is 5.93. The van der Waals surface area contributed by atoms with Gasteiger partial charge in [0, 0.05) is 5.02 Å². The molecule has 0 aromatic heterocycles. The van der Waals surface area contributed by atoms with E-state index in [1.165, 1.54) is 11.1 Å². The topological polar surface area (TPSA) is 9.23 Å². The van der Waals surface area contributed by atoms with E-state index >= 15 is 0 Å². The van der Waals surface area contributed by atoms with E-state index in [9.17, 15) is 0 Å². The Balaban J connectivity index is 3.14. The number of allylic oxidation sites excluding steroid dienone is 2. The normalized spacial score (nSPS) is 13.2. The summed E-state index contributed by atoms with van der Waals surface area (Å²) in [5.74, 6) is 1.82. The minimum atomic E-state index is 0.408. The van der Waals surface area contributed by atoms with Gasteiger partial charge >= 0.3 is 0 Å². The average Bonchev–Trinajstić information content (AvgIpc) is 2.37. The second-order valence-corrected chi connectivity index (χ2v) is 5.73. The van der Waals surface area contributed by atoms with Crippen LogP contribution in [0.5, 0.6) is 5.75 Å². The number of hydrogen-bond donors (Lipinski definition) is 0. The van der Waals surface area contributed by atoms with Crippen molar-refractivity contribution in [3.63, 3.8) is 0 Å². The highest BCUT2D eigenvalue weighted by Crippen LogP contribution is 2.38. The van der Waals surface area contributed by atoms with Gasteiger partial charge in [-0.1, -0.05) is 51.4 Å². The average molecular weight is 281 g/mol. The Morgan fingerprint density at radius 1 is 1.16 bits per heavy atom. The van der Waals surface area contributed by atoms with Crippen LogP contribution in [0.1, 0.15) is 63.5 Å². The van der Waals surface area contributed by atoms with Crippen LogP contribution in [-0.4, -0.2) is 7.11 Å². The summed E-state index contributed by atoms with van der Waals surface area (Å²) < 4.78 is 5.64. The minimum absolute atomic E-state index is 0.408. The molecule has 0 heterocycles. The lowest BCUT2D eigenvalue weighted by Crippen LogP contribution is -2.02. The third-order valence-electron chi connectivity index (χ3n) is 3.36. The highest BCUT2D eigenvalue weighted by molar-refractivity contribution is 6.30. The van der Waals surface area contributed by atoms with E-state index in [-0.39, 0.29) is 0 Å². The zero-order chi connectivity index (χ0) is 14.4. The monoisotopic (exact) mass is 280 g/mol. The second kappa shape index (κ2) is 7.59. The van der Waals surface area contributed by atoms with Gasteiger partial charge in [0.1, 0.15) is 5.75 Å². The molecular weight excluding hydrogens is 256 g/mol. The van der Waals surface area contributed by atoms with E-state index in [4.69, 9.17) is 16.3 Å². The number of methoxy groups -OCH3 is 1. The molecule has 0 saturated carbocycles. The lowest BCUT2D eigenvalue weighted by atomic mass is 9.91. The lowest BCUT2D eigenvalue weighted by molar-refractivity contribution is 0.399. The Labute approximate surface area is 122 Å². The molecule has 0 aliphatic rings. The van der Waals surface area contributed by atoms with Gasteiger partial charge in [0.15, 0.2) is 0 Å². The first-order valence-corrected chi connectivity index (χ1v) is 7.41. The van der Waals surface area contributed by atoms with E-state index in [1.54, 1.807) is 7.11 Å². The Morgan fingerprint density at radius 2 is 1.79 bits per heavy atom. The molecule has 0 aliphatic carbocycles. The zero-order valence-corrected chi connectivity index (χ0v) is 13.4. The van der Waals surface area contributed by atoms with Crippen molar-refractivity contribution < 1.29 is 4.74 Å². The number of benzene rings is 1. The van der Waals surface area contributed by atoms with Gasteiger partial charge in [0.25, 0.3) is 0 Å². The van der Waals surface area contributed by atoms with Crippen LogP contribution in [0.15, 0.2) is 24.3 Å². The van der Waals surface area contributed by atoms with Gasteiger partial charge in [0.05, 0.1) is 7.11 Å². The highest BCUT2D eigenvalue weighted by Gasteiger charge is 2.17. The predicted molar refractivity (Wildman–Crippen MR) is 84.6 cm³/mol. The number of ether oxygens (including phenoxy) is 1. The Morgan fingerprint density at radius 3 is 2.32 bits per heavy atom. The summed E-state index contributed by atoms with van der Waals surface area (Å²) in [5.41, 5.74) is 2.40. The molecule has 0 saturated heterocycles. The summed E-state index contributed by atoms with van der Waals surface area (Å²) in [5, 5.41) is 0.797. The van der Waals surface area contributed by atoms with E-state index in [2.05, 4.69) is 39.8 Å². The van der Waals surface area contributed by atoms with Crippen molar-refractivity contribution in [3.05, 3.63) is 40.4 Å². The van der Waals surface area contributed by atoms with Gasteiger partial charge in [-0.2, -0.15) is 0 Å². The molecule has 1 rings (SSSR count). The maximum absolute atomic E-state index is 6.25. The summed E-state index contributed by atoms with van der Waals surface area (Å²) in [6, 6.07) is 4.06. The van der Waals surface area contributed by atoms with Crippen LogP contribution in [-0.2, 0) is 0 Å². The van der Waals surface area contributed by atoms with Crippen LogP contribution in [0.25, 0.3) is 0 Å². The fraction of sp³-hybridized carbons (Fsp3) is 0.529. The molecule has 1 aromatic carbocycles. The van der Waals surface area contributed by atoms with Gasteiger partial charge < -0.3 is 4.74 Å². The lowest BCUT2D eigenvalue weighted by Gasteiger charge is -2.20.